The Balaban J connectivity index is 2.51. The van der Waals surface area contributed by atoms with Gasteiger partial charge in [-0.2, -0.15) is 0 Å². The summed E-state index contributed by atoms with van der Waals surface area (Å²) in [6.45, 7) is 8.02. The van der Waals surface area contributed by atoms with Gasteiger partial charge in [0.25, 0.3) is 0 Å². The third-order valence-electron chi connectivity index (χ3n) is 3.03. The van der Waals surface area contributed by atoms with E-state index in [4.69, 9.17) is 17.3 Å². The summed E-state index contributed by atoms with van der Waals surface area (Å²) in [5.74, 6) is -0.0363. The molecule has 0 aliphatic rings. The number of nitrogens with one attached hydrogen (secondary N) is 1. The SMILES string of the molecule is CCN(CCC(=O)Nc1ccc(N)cc1Cl)C(C)C. The number of carbonyl (C=O) groups excluding carboxylic acids is 1. The van der Waals surface area contributed by atoms with Crippen LogP contribution in [-0.4, -0.2) is 29.9 Å². The van der Waals surface area contributed by atoms with Gasteiger partial charge < -0.3 is 16.0 Å². The first-order valence-corrected chi connectivity index (χ1v) is 6.90. The maximum absolute atomic E-state index is 11.9. The first-order valence-electron chi connectivity index (χ1n) is 6.53. The summed E-state index contributed by atoms with van der Waals surface area (Å²) in [5, 5.41) is 3.27. The van der Waals surface area contributed by atoms with Crippen LogP contribution in [0.4, 0.5) is 11.4 Å². The molecular formula is C14H22ClN3O. The molecule has 4 nitrogen and oxygen atoms in total. The number of nitrogens with zero attached hydrogens (tertiary/aromatic N) is 1. The number of benzene rings is 1. The van der Waals surface area contributed by atoms with Gasteiger partial charge in [0.1, 0.15) is 0 Å². The average Bonchev–Trinajstić information content (AvgIpc) is 2.33. The molecular weight excluding hydrogens is 262 g/mol. The first kappa shape index (κ1) is 15.8. The Bertz CT molecular complexity index is 435. The minimum absolute atomic E-state index is 0.0363. The van der Waals surface area contributed by atoms with E-state index in [-0.39, 0.29) is 5.91 Å². The van der Waals surface area contributed by atoms with Crippen LogP contribution in [0.25, 0.3) is 0 Å². The topological polar surface area (TPSA) is 58.4 Å². The summed E-state index contributed by atoms with van der Waals surface area (Å²) in [6, 6.07) is 5.51. The molecule has 1 amide bonds. The van der Waals surface area contributed by atoms with Gasteiger partial charge in [0.05, 0.1) is 10.7 Å². The lowest BCUT2D eigenvalue weighted by atomic mass is 10.2. The first-order chi connectivity index (χ1) is 8.93. The fraction of sp³-hybridized carbons (Fsp3) is 0.500. The summed E-state index contributed by atoms with van der Waals surface area (Å²) in [7, 11) is 0. The number of hydrogen-bond donors (Lipinski definition) is 2. The lowest BCUT2D eigenvalue weighted by Crippen LogP contribution is -2.33. The molecule has 0 fully saturated rings. The van der Waals surface area contributed by atoms with Gasteiger partial charge in [-0.25, -0.2) is 0 Å². The smallest absolute Gasteiger partial charge is 0.225 e. The molecule has 0 heterocycles. The summed E-state index contributed by atoms with van der Waals surface area (Å²) < 4.78 is 0. The molecule has 1 rings (SSSR count). The van der Waals surface area contributed by atoms with E-state index < -0.39 is 0 Å². The minimum atomic E-state index is -0.0363. The predicted molar refractivity (Wildman–Crippen MR) is 81.5 cm³/mol. The normalized spacial score (nSPS) is 11.1. The van der Waals surface area contributed by atoms with Crippen molar-refractivity contribution < 1.29 is 4.79 Å². The van der Waals surface area contributed by atoms with Crippen LogP contribution in [0.2, 0.25) is 5.02 Å². The Labute approximate surface area is 119 Å². The van der Waals surface area contributed by atoms with Crippen molar-refractivity contribution in [3.8, 4) is 0 Å². The highest BCUT2D eigenvalue weighted by molar-refractivity contribution is 6.34. The van der Waals surface area contributed by atoms with Crippen LogP contribution < -0.4 is 11.1 Å². The molecule has 0 unspecified atom stereocenters. The highest BCUT2D eigenvalue weighted by Gasteiger charge is 2.11. The lowest BCUT2D eigenvalue weighted by Gasteiger charge is -2.24. The number of hydrogen-bond acceptors (Lipinski definition) is 3. The largest absolute Gasteiger partial charge is 0.399 e. The van der Waals surface area contributed by atoms with Gasteiger partial charge in [-0.15, -0.1) is 0 Å². The molecule has 19 heavy (non-hydrogen) atoms. The van der Waals surface area contributed by atoms with E-state index in [0.717, 1.165) is 13.1 Å². The van der Waals surface area contributed by atoms with Crippen LogP contribution in [0.5, 0.6) is 0 Å². The van der Waals surface area contributed by atoms with Crippen molar-refractivity contribution in [2.45, 2.75) is 33.2 Å². The molecule has 0 atom stereocenters. The number of amides is 1. The highest BCUT2D eigenvalue weighted by atomic mass is 35.5. The van der Waals surface area contributed by atoms with E-state index in [2.05, 4.69) is 31.0 Å². The standard InChI is InChI=1S/C14H22ClN3O/c1-4-18(10(2)3)8-7-14(19)17-13-6-5-11(16)9-12(13)15/h5-6,9-10H,4,7-8,16H2,1-3H3,(H,17,19). The van der Waals surface area contributed by atoms with E-state index >= 15 is 0 Å². The fourth-order valence-electron chi connectivity index (χ4n) is 1.87. The van der Waals surface area contributed by atoms with Crippen molar-refractivity contribution in [3.05, 3.63) is 23.2 Å². The van der Waals surface area contributed by atoms with E-state index in [1.165, 1.54) is 0 Å². The Morgan fingerprint density at radius 1 is 1.47 bits per heavy atom. The van der Waals surface area contributed by atoms with E-state index in [1.807, 2.05) is 0 Å². The maximum Gasteiger partial charge on any atom is 0.225 e. The van der Waals surface area contributed by atoms with Crippen molar-refractivity contribution in [2.24, 2.45) is 0 Å². The minimum Gasteiger partial charge on any atom is -0.399 e. The van der Waals surface area contributed by atoms with Gasteiger partial charge >= 0.3 is 0 Å². The van der Waals surface area contributed by atoms with Crippen molar-refractivity contribution in [1.29, 1.82) is 0 Å². The van der Waals surface area contributed by atoms with Crippen molar-refractivity contribution >= 4 is 28.9 Å². The highest BCUT2D eigenvalue weighted by Crippen LogP contribution is 2.24. The zero-order chi connectivity index (χ0) is 14.4. The number of nitrogen functional groups attached to an aromatic ring is 1. The molecule has 0 saturated heterocycles. The van der Waals surface area contributed by atoms with Crippen LogP contribution in [0, 0.1) is 0 Å². The quantitative estimate of drug-likeness (QED) is 0.789. The molecule has 0 bridgehead atoms. The molecule has 5 heteroatoms. The molecule has 106 valence electrons. The summed E-state index contributed by atoms with van der Waals surface area (Å²) >= 11 is 6.01. The number of nitrogens with two attached hydrogens (primary N) is 1. The Hall–Kier alpha value is -1.26. The van der Waals surface area contributed by atoms with E-state index in [1.54, 1.807) is 18.2 Å². The zero-order valence-corrected chi connectivity index (χ0v) is 12.5. The van der Waals surface area contributed by atoms with E-state index in [9.17, 15) is 4.79 Å². The summed E-state index contributed by atoms with van der Waals surface area (Å²) in [5.41, 5.74) is 6.79. The molecule has 0 aliphatic carbocycles. The van der Waals surface area contributed by atoms with Gasteiger partial charge in [0.2, 0.25) is 5.91 Å². The van der Waals surface area contributed by atoms with Crippen LogP contribution in [-0.2, 0) is 4.79 Å². The molecule has 0 aliphatic heterocycles. The van der Waals surface area contributed by atoms with Gasteiger partial charge in [-0.05, 0) is 38.6 Å². The van der Waals surface area contributed by atoms with Crippen molar-refractivity contribution in [2.75, 3.05) is 24.1 Å². The number of halogens is 1. The maximum atomic E-state index is 11.9. The monoisotopic (exact) mass is 283 g/mol. The van der Waals surface area contributed by atoms with Gasteiger partial charge in [0.15, 0.2) is 0 Å². The molecule has 0 aromatic heterocycles. The second kappa shape index (κ2) is 7.36. The van der Waals surface area contributed by atoms with Crippen LogP contribution in [0.15, 0.2) is 18.2 Å². The third-order valence-corrected chi connectivity index (χ3v) is 3.34. The fourth-order valence-corrected chi connectivity index (χ4v) is 2.11. The molecule has 1 aromatic rings. The summed E-state index contributed by atoms with van der Waals surface area (Å²) in [4.78, 5) is 14.1. The zero-order valence-electron chi connectivity index (χ0n) is 11.7. The average molecular weight is 284 g/mol. The Morgan fingerprint density at radius 3 is 2.68 bits per heavy atom. The van der Waals surface area contributed by atoms with E-state index in [0.29, 0.717) is 28.9 Å². The summed E-state index contributed by atoms with van der Waals surface area (Å²) in [6.07, 6.45) is 0.451. The Morgan fingerprint density at radius 2 is 2.16 bits per heavy atom. The van der Waals surface area contributed by atoms with Gasteiger partial charge in [-0.1, -0.05) is 18.5 Å². The molecule has 0 spiro atoms. The van der Waals surface area contributed by atoms with Crippen LogP contribution >= 0.6 is 11.6 Å². The number of carbonyl (C=O) groups is 1. The van der Waals surface area contributed by atoms with Gasteiger partial charge in [0, 0.05) is 24.7 Å². The van der Waals surface area contributed by atoms with Crippen molar-refractivity contribution in [3.63, 3.8) is 0 Å². The van der Waals surface area contributed by atoms with Crippen LogP contribution in [0.1, 0.15) is 27.2 Å². The second-order valence-electron chi connectivity index (χ2n) is 4.76. The predicted octanol–water partition coefficient (Wildman–Crippen LogP) is 2.98. The van der Waals surface area contributed by atoms with Crippen LogP contribution in [0.3, 0.4) is 0 Å². The van der Waals surface area contributed by atoms with Gasteiger partial charge in [-0.3, -0.25) is 4.79 Å². The molecule has 3 N–H and O–H groups in total. The number of rotatable bonds is 6. The van der Waals surface area contributed by atoms with Crippen molar-refractivity contribution in [1.82, 2.24) is 4.90 Å². The lowest BCUT2D eigenvalue weighted by molar-refractivity contribution is -0.116. The molecule has 0 radical (unpaired) electrons. The Kier molecular flexibility index (Phi) is 6.12. The molecule has 1 aromatic carbocycles. The number of anilines is 2. The second-order valence-corrected chi connectivity index (χ2v) is 5.17. The third kappa shape index (κ3) is 5.09. The molecule has 0 saturated carbocycles.